The molecule has 0 saturated carbocycles. The number of hydrogen-bond acceptors (Lipinski definition) is 4. The lowest BCUT2D eigenvalue weighted by Crippen LogP contribution is -2.24. The molecule has 94 valence electrons. The zero-order valence-electron chi connectivity index (χ0n) is 9.22. The molecular weight excluding hydrogens is 257 g/mol. The number of benzene rings is 1. The Hall–Kier alpha value is -2.15. The second-order valence-corrected chi connectivity index (χ2v) is 4.43. The Morgan fingerprint density at radius 1 is 1.50 bits per heavy atom. The van der Waals surface area contributed by atoms with Crippen molar-refractivity contribution in [3.8, 4) is 0 Å². The van der Waals surface area contributed by atoms with Crippen LogP contribution in [0.2, 0.25) is 0 Å². The molecule has 0 atom stereocenters. The molecule has 1 aromatic carbocycles. The van der Waals surface area contributed by atoms with Gasteiger partial charge in [-0.15, -0.1) is 0 Å². The Morgan fingerprint density at radius 3 is 2.89 bits per heavy atom. The summed E-state index contributed by atoms with van der Waals surface area (Å²) in [6.45, 7) is -0.0981. The maximum Gasteiger partial charge on any atom is 0.307 e. The molecule has 0 aliphatic heterocycles. The number of amides is 1. The first kappa shape index (κ1) is 12.3. The second kappa shape index (κ2) is 5.01. The predicted octanol–water partition coefficient (Wildman–Crippen LogP) is 1.27. The van der Waals surface area contributed by atoms with Crippen LogP contribution in [0.1, 0.15) is 0 Å². The van der Waals surface area contributed by atoms with Crippen molar-refractivity contribution >= 4 is 28.6 Å². The van der Waals surface area contributed by atoms with Crippen LogP contribution < -0.4 is 15.9 Å². The largest absolute Gasteiger partial charge is 0.397 e. The number of nitrogens with one attached hydrogen (secondary N) is 1. The highest BCUT2D eigenvalue weighted by Gasteiger charge is 2.08. The van der Waals surface area contributed by atoms with Crippen molar-refractivity contribution in [2.24, 2.45) is 0 Å². The molecule has 0 fully saturated rings. The number of aromatic nitrogens is 1. The number of hydrogen-bond donors (Lipinski definition) is 2. The molecule has 0 aliphatic carbocycles. The van der Waals surface area contributed by atoms with E-state index in [1.165, 1.54) is 22.9 Å². The van der Waals surface area contributed by atoms with Crippen molar-refractivity contribution in [1.29, 1.82) is 0 Å². The summed E-state index contributed by atoms with van der Waals surface area (Å²) in [6, 6.07) is 3.69. The van der Waals surface area contributed by atoms with Gasteiger partial charge in [-0.3, -0.25) is 14.2 Å². The minimum atomic E-state index is -0.473. The van der Waals surface area contributed by atoms with Crippen molar-refractivity contribution in [2.45, 2.75) is 6.54 Å². The van der Waals surface area contributed by atoms with E-state index in [2.05, 4.69) is 5.32 Å². The van der Waals surface area contributed by atoms with Crippen LogP contribution in [0.5, 0.6) is 0 Å². The first-order valence-electron chi connectivity index (χ1n) is 5.05. The number of carbonyl (C=O) groups excluding carboxylic acids is 1. The van der Waals surface area contributed by atoms with E-state index in [1.807, 2.05) is 0 Å². The zero-order valence-corrected chi connectivity index (χ0v) is 10.0. The average Bonchev–Trinajstić information content (AvgIpc) is 2.69. The Balaban J connectivity index is 2.08. The van der Waals surface area contributed by atoms with Crippen molar-refractivity contribution in [1.82, 2.24) is 4.57 Å². The highest BCUT2D eigenvalue weighted by Crippen LogP contribution is 2.18. The van der Waals surface area contributed by atoms with Crippen molar-refractivity contribution in [2.75, 3.05) is 11.1 Å². The minimum absolute atomic E-state index is 0.0981. The Kier molecular flexibility index (Phi) is 3.42. The summed E-state index contributed by atoms with van der Waals surface area (Å²) in [7, 11) is 0. The topological polar surface area (TPSA) is 77.1 Å². The third-order valence-corrected chi connectivity index (χ3v) is 2.94. The number of nitrogens with two attached hydrogens (primary N) is 1. The summed E-state index contributed by atoms with van der Waals surface area (Å²) >= 11 is 1.01. The quantitative estimate of drug-likeness (QED) is 0.822. The molecule has 1 amide bonds. The molecule has 0 bridgehead atoms. The van der Waals surface area contributed by atoms with Gasteiger partial charge in [0, 0.05) is 11.6 Å². The van der Waals surface area contributed by atoms with Gasteiger partial charge in [-0.1, -0.05) is 11.3 Å². The van der Waals surface area contributed by atoms with E-state index in [1.54, 1.807) is 5.38 Å². The first-order chi connectivity index (χ1) is 8.56. The molecule has 0 saturated heterocycles. The number of halogens is 1. The van der Waals surface area contributed by atoms with E-state index in [0.717, 1.165) is 17.4 Å². The SMILES string of the molecule is Nc1cc(F)ccc1NC(=O)Cn1ccsc1=O. The van der Waals surface area contributed by atoms with Crippen LogP contribution in [-0.4, -0.2) is 10.5 Å². The fourth-order valence-corrected chi connectivity index (χ4v) is 1.98. The lowest BCUT2D eigenvalue weighted by atomic mass is 10.2. The molecule has 18 heavy (non-hydrogen) atoms. The molecule has 7 heteroatoms. The molecule has 0 unspecified atom stereocenters. The monoisotopic (exact) mass is 267 g/mol. The van der Waals surface area contributed by atoms with E-state index in [9.17, 15) is 14.0 Å². The number of anilines is 2. The summed E-state index contributed by atoms with van der Waals surface area (Å²) in [6.07, 6.45) is 1.53. The van der Waals surface area contributed by atoms with E-state index in [-0.39, 0.29) is 17.1 Å². The van der Waals surface area contributed by atoms with Gasteiger partial charge in [0.25, 0.3) is 0 Å². The van der Waals surface area contributed by atoms with Crippen LogP contribution in [0.4, 0.5) is 15.8 Å². The number of rotatable bonds is 3. The molecule has 0 spiro atoms. The average molecular weight is 267 g/mol. The van der Waals surface area contributed by atoms with Gasteiger partial charge in [-0.05, 0) is 18.2 Å². The molecule has 1 heterocycles. The number of nitrogens with zero attached hydrogens (tertiary/aromatic N) is 1. The van der Waals surface area contributed by atoms with Gasteiger partial charge < -0.3 is 11.1 Å². The smallest absolute Gasteiger partial charge is 0.307 e. The van der Waals surface area contributed by atoms with Gasteiger partial charge in [0.05, 0.1) is 11.4 Å². The summed E-state index contributed by atoms with van der Waals surface area (Å²) in [4.78, 5) is 22.7. The number of carbonyl (C=O) groups is 1. The summed E-state index contributed by atoms with van der Waals surface area (Å²) in [5.41, 5.74) is 6.02. The van der Waals surface area contributed by atoms with E-state index in [0.29, 0.717) is 5.69 Å². The third kappa shape index (κ3) is 2.75. The van der Waals surface area contributed by atoms with Crippen molar-refractivity contribution in [3.63, 3.8) is 0 Å². The van der Waals surface area contributed by atoms with Gasteiger partial charge in [-0.25, -0.2) is 4.39 Å². The van der Waals surface area contributed by atoms with Gasteiger partial charge >= 0.3 is 4.87 Å². The molecule has 5 nitrogen and oxygen atoms in total. The fourth-order valence-electron chi connectivity index (χ4n) is 1.40. The van der Waals surface area contributed by atoms with Crippen molar-refractivity contribution < 1.29 is 9.18 Å². The molecule has 1 aromatic heterocycles. The molecular formula is C11H10FN3O2S. The highest BCUT2D eigenvalue weighted by atomic mass is 32.1. The van der Waals surface area contributed by atoms with E-state index >= 15 is 0 Å². The fraction of sp³-hybridized carbons (Fsp3) is 0.0909. The Labute approximate surface area is 106 Å². The lowest BCUT2D eigenvalue weighted by molar-refractivity contribution is -0.116. The second-order valence-electron chi connectivity index (χ2n) is 3.58. The van der Waals surface area contributed by atoms with E-state index in [4.69, 9.17) is 5.73 Å². The number of thiazole rings is 1. The van der Waals surface area contributed by atoms with E-state index < -0.39 is 11.7 Å². The first-order valence-corrected chi connectivity index (χ1v) is 5.93. The maximum atomic E-state index is 12.8. The summed E-state index contributed by atoms with van der Waals surface area (Å²) in [5.74, 6) is -0.867. The normalized spacial score (nSPS) is 10.3. The predicted molar refractivity (Wildman–Crippen MR) is 68.0 cm³/mol. The standard InChI is InChI=1S/C11H10FN3O2S/c12-7-1-2-9(8(13)5-7)14-10(16)6-15-3-4-18-11(15)17/h1-5H,6,13H2,(H,14,16). The Bertz CT molecular complexity index is 635. The molecule has 3 N–H and O–H groups in total. The van der Waals surface area contributed by atoms with Crippen LogP contribution in [0.3, 0.4) is 0 Å². The number of nitrogen functional groups attached to an aromatic ring is 1. The molecule has 2 aromatic rings. The minimum Gasteiger partial charge on any atom is -0.397 e. The lowest BCUT2D eigenvalue weighted by Gasteiger charge is -2.08. The zero-order chi connectivity index (χ0) is 13.1. The van der Waals surface area contributed by atoms with Gasteiger partial charge in [-0.2, -0.15) is 0 Å². The van der Waals surface area contributed by atoms with Crippen LogP contribution in [0, 0.1) is 5.82 Å². The van der Waals surface area contributed by atoms with Crippen LogP contribution in [0.15, 0.2) is 34.6 Å². The van der Waals surface area contributed by atoms with Crippen molar-refractivity contribution in [3.05, 3.63) is 45.3 Å². The van der Waals surface area contributed by atoms with Gasteiger partial charge in [0.15, 0.2) is 0 Å². The Morgan fingerprint density at radius 2 is 2.28 bits per heavy atom. The van der Waals surface area contributed by atoms with Crippen LogP contribution >= 0.6 is 11.3 Å². The maximum absolute atomic E-state index is 12.8. The van der Waals surface area contributed by atoms with Crippen LogP contribution in [-0.2, 0) is 11.3 Å². The summed E-state index contributed by atoms with van der Waals surface area (Å²) in [5, 5.41) is 4.12. The summed E-state index contributed by atoms with van der Waals surface area (Å²) < 4.78 is 14.1. The molecule has 0 aliphatic rings. The third-order valence-electron chi connectivity index (χ3n) is 2.25. The highest BCUT2D eigenvalue weighted by molar-refractivity contribution is 7.07. The van der Waals surface area contributed by atoms with Gasteiger partial charge in [0.2, 0.25) is 5.91 Å². The van der Waals surface area contributed by atoms with Gasteiger partial charge in [0.1, 0.15) is 12.4 Å². The molecule has 0 radical (unpaired) electrons. The molecule has 2 rings (SSSR count). The van der Waals surface area contributed by atoms with Crippen LogP contribution in [0.25, 0.3) is 0 Å².